The molecule has 0 amide bonds. The largest absolute Gasteiger partial charge is 0.306 e. The molecule has 88 valence electrons. The normalized spacial score (nSPS) is 20.3. The van der Waals surface area contributed by atoms with Gasteiger partial charge in [-0.25, -0.2) is 0 Å². The third kappa shape index (κ3) is 3.31. The van der Waals surface area contributed by atoms with Gasteiger partial charge in [0.05, 0.1) is 5.69 Å². The lowest BCUT2D eigenvalue weighted by Gasteiger charge is -2.29. The number of rotatable bonds is 3. The first-order valence-corrected chi connectivity index (χ1v) is 6.43. The maximum Gasteiger partial charge on any atom is 0.0541 e. The quantitative estimate of drug-likeness (QED) is 0.787. The zero-order chi connectivity index (χ0) is 11.3. The number of pyridine rings is 1. The highest BCUT2D eigenvalue weighted by Gasteiger charge is 2.24. The fraction of sp³-hybridized carbons (Fsp3) is 0.643. The van der Waals surface area contributed by atoms with E-state index in [1.165, 1.54) is 38.5 Å². The molecule has 1 aromatic rings. The van der Waals surface area contributed by atoms with Crippen LogP contribution in [-0.2, 0) is 6.54 Å². The summed E-state index contributed by atoms with van der Waals surface area (Å²) in [6.07, 6.45) is 10.0. The lowest BCUT2D eigenvalue weighted by Crippen LogP contribution is -2.41. The van der Waals surface area contributed by atoms with E-state index in [4.69, 9.17) is 0 Å². The van der Waals surface area contributed by atoms with E-state index >= 15 is 0 Å². The number of nitrogens with one attached hydrogen (secondary N) is 1. The van der Waals surface area contributed by atoms with E-state index < -0.39 is 0 Å². The molecule has 0 spiro atoms. The summed E-state index contributed by atoms with van der Waals surface area (Å²) in [5, 5.41) is 3.69. The molecule has 0 radical (unpaired) electrons. The Kier molecular flexibility index (Phi) is 3.94. The van der Waals surface area contributed by atoms with Crippen molar-refractivity contribution in [2.75, 3.05) is 0 Å². The highest BCUT2D eigenvalue weighted by molar-refractivity contribution is 5.04. The molecule has 0 unspecified atom stereocenters. The minimum atomic E-state index is 0.327. The summed E-state index contributed by atoms with van der Waals surface area (Å²) >= 11 is 0. The van der Waals surface area contributed by atoms with Crippen LogP contribution in [0, 0.1) is 0 Å². The first-order chi connectivity index (χ1) is 7.79. The van der Waals surface area contributed by atoms with Crippen molar-refractivity contribution in [3.63, 3.8) is 0 Å². The number of nitrogens with zero attached hydrogens (tertiary/aromatic N) is 1. The van der Waals surface area contributed by atoms with Gasteiger partial charge in [-0.15, -0.1) is 0 Å². The molecule has 1 heterocycles. The molecule has 2 heteroatoms. The van der Waals surface area contributed by atoms with Crippen molar-refractivity contribution < 1.29 is 0 Å². The highest BCUT2D eigenvalue weighted by Crippen LogP contribution is 2.26. The lowest BCUT2D eigenvalue weighted by atomic mass is 9.92. The third-order valence-corrected chi connectivity index (χ3v) is 3.63. The van der Waals surface area contributed by atoms with Gasteiger partial charge in [0.25, 0.3) is 0 Å². The van der Waals surface area contributed by atoms with E-state index in [2.05, 4.69) is 29.4 Å². The molecular weight excluding hydrogens is 196 g/mol. The minimum absolute atomic E-state index is 0.327. The Labute approximate surface area is 98.5 Å². The second kappa shape index (κ2) is 5.44. The van der Waals surface area contributed by atoms with E-state index in [0.717, 1.165) is 12.2 Å². The monoisotopic (exact) mass is 218 g/mol. The first-order valence-electron chi connectivity index (χ1n) is 6.43. The van der Waals surface area contributed by atoms with Crippen LogP contribution >= 0.6 is 0 Å². The Morgan fingerprint density at radius 2 is 1.94 bits per heavy atom. The zero-order valence-electron chi connectivity index (χ0n) is 10.2. The molecule has 1 saturated carbocycles. The zero-order valence-corrected chi connectivity index (χ0v) is 10.2. The Bertz CT molecular complexity index is 300. The van der Waals surface area contributed by atoms with Crippen LogP contribution in [0.25, 0.3) is 0 Å². The molecule has 0 atom stereocenters. The topological polar surface area (TPSA) is 24.9 Å². The van der Waals surface area contributed by atoms with Gasteiger partial charge >= 0.3 is 0 Å². The molecule has 0 bridgehead atoms. The van der Waals surface area contributed by atoms with Crippen LogP contribution in [0.4, 0.5) is 0 Å². The second-order valence-electron chi connectivity index (χ2n) is 5.15. The van der Waals surface area contributed by atoms with Crippen molar-refractivity contribution in [3.8, 4) is 0 Å². The van der Waals surface area contributed by atoms with Gasteiger partial charge in [-0.3, -0.25) is 4.98 Å². The lowest BCUT2D eigenvalue weighted by molar-refractivity contribution is 0.309. The smallest absolute Gasteiger partial charge is 0.0541 e. The molecule has 1 aliphatic carbocycles. The van der Waals surface area contributed by atoms with Gasteiger partial charge in [0.1, 0.15) is 0 Å². The average Bonchev–Trinajstić information content (AvgIpc) is 2.54. The van der Waals surface area contributed by atoms with Gasteiger partial charge in [-0.05, 0) is 31.9 Å². The Morgan fingerprint density at radius 3 is 2.56 bits per heavy atom. The van der Waals surface area contributed by atoms with Crippen molar-refractivity contribution >= 4 is 0 Å². The fourth-order valence-corrected chi connectivity index (χ4v) is 2.49. The van der Waals surface area contributed by atoms with Gasteiger partial charge in [0, 0.05) is 18.3 Å². The Balaban J connectivity index is 1.88. The Hall–Kier alpha value is -0.890. The number of hydrogen-bond acceptors (Lipinski definition) is 2. The van der Waals surface area contributed by atoms with Crippen molar-refractivity contribution in [2.24, 2.45) is 0 Å². The van der Waals surface area contributed by atoms with Crippen LogP contribution < -0.4 is 5.32 Å². The molecule has 2 nitrogen and oxygen atoms in total. The molecule has 0 saturated heterocycles. The van der Waals surface area contributed by atoms with Crippen LogP contribution in [0.5, 0.6) is 0 Å². The van der Waals surface area contributed by atoms with Gasteiger partial charge in [0.2, 0.25) is 0 Å². The SMILES string of the molecule is CC1(NCc2ccccn2)CCCCCC1. The predicted molar refractivity (Wildman–Crippen MR) is 67.2 cm³/mol. The highest BCUT2D eigenvalue weighted by atomic mass is 15.0. The summed E-state index contributed by atoms with van der Waals surface area (Å²) in [6.45, 7) is 3.26. The molecule has 1 N–H and O–H groups in total. The molecule has 1 aliphatic rings. The fourth-order valence-electron chi connectivity index (χ4n) is 2.49. The van der Waals surface area contributed by atoms with Crippen LogP contribution in [0.3, 0.4) is 0 Å². The average molecular weight is 218 g/mol. The minimum Gasteiger partial charge on any atom is -0.306 e. The van der Waals surface area contributed by atoms with Gasteiger partial charge < -0.3 is 5.32 Å². The van der Waals surface area contributed by atoms with E-state index in [0.29, 0.717) is 5.54 Å². The number of aromatic nitrogens is 1. The van der Waals surface area contributed by atoms with Gasteiger partial charge in [-0.2, -0.15) is 0 Å². The molecule has 16 heavy (non-hydrogen) atoms. The molecule has 2 rings (SSSR count). The molecule has 1 fully saturated rings. The molecule has 0 aromatic carbocycles. The van der Waals surface area contributed by atoms with E-state index in [9.17, 15) is 0 Å². The van der Waals surface area contributed by atoms with Gasteiger partial charge in [0.15, 0.2) is 0 Å². The van der Waals surface area contributed by atoms with E-state index in [1.807, 2.05) is 12.3 Å². The first kappa shape index (κ1) is 11.6. The summed E-state index contributed by atoms with van der Waals surface area (Å²) < 4.78 is 0. The Morgan fingerprint density at radius 1 is 1.19 bits per heavy atom. The van der Waals surface area contributed by atoms with Crippen molar-refractivity contribution in [1.82, 2.24) is 10.3 Å². The van der Waals surface area contributed by atoms with E-state index in [-0.39, 0.29) is 0 Å². The summed E-state index contributed by atoms with van der Waals surface area (Å²) in [5.41, 5.74) is 1.47. The van der Waals surface area contributed by atoms with Crippen molar-refractivity contribution in [2.45, 2.75) is 57.5 Å². The van der Waals surface area contributed by atoms with Crippen molar-refractivity contribution in [1.29, 1.82) is 0 Å². The van der Waals surface area contributed by atoms with Crippen molar-refractivity contribution in [3.05, 3.63) is 30.1 Å². The number of hydrogen-bond donors (Lipinski definition) is 1. The van der Waals surface area contributed by atoms with Gasteiger partial charge in [-0.1, -0.05) is 31.7 Å². The molecule has 1 aromatic heterocycles. The standard InChI is InChI=1S/C14H22N2/c1-14(9-5-2-3-6-10-14)16-12-13-8-4-7-11-15-13/h4,7-8,11,16H,2-3,5-6,9-10,12H2,1H3. The van der Waals surface area contributed by atoms with Crippen LogP contribution in [0.1, 0.15) is 51.1 Å². The summed E-state index contributed by atoms with van der Waals surface area (Å²) in [4.78, 5) is 4.36. The van der Waals surface area contributed by atoms with Crippen LogP contribution in [-0.4, -0.2) is 10.5 Å². The summed E-state index contributed by atoms with van der Waals surface area (Å²) in [7, 11) is 0. The van der Waals surface area contributed by atoms with Crippen LogP contribution in [0.15, 0.2) is 24.4 Å². The molecular formula is C14H22N2. The summed E-state index contributed by atoms with van der Waals surface area (Å²) in [5.74, 6) is 0. The molecule has 0 aliphatic heterocycles. The van der Waals surface area contributed by atoms with E-state index in [1.54, 1.807) is 0 Å². The maximum absolute atomic E-state index is 4.36. The van der Waals surface area contributed by atoms with Crippen LogP contribution in [0.2, 0.25) is 0 Å². The predicted octanol–water partition coefficient (Wildman–Crippen LogP) is 3.28. The second-order valence-corrected chi connectivity index (χ2v) is 5.15. The third-order valence-electron chi connectivity index (χ3n) is 3.63. The summed E-state index contributed by atoms with van der Waals surface area (Å²) in [6, 6.07) is 6.11. The maximum atomic E-state index is 4.36.